The molecule has 5 nitrogen and oxygen atoms in total. The zero-order valence-electron chi connectivity index (χ0n) is 13.0. The van der Waals surface area contributed by atoms with Crippen LogP contribution in [0.5, 0.6) is 0 Å². The number of carbonyl (C=O) groups is 2. The van der Waals surface area contributed by atoms with E-state index in [0.717, 1.165) is 4.47 Å². The molecule has 6 heteroatoms. The number of nitrogens with zero attached hydrogens (tertiary/aromatic N) is 1. The van der Waals surface area contributed by atoms with Gasteiger partial charge in [-0.1, -0.05) is 34.1 Å². The molecule has 0 saturated carbocycles. The maximum absolute atomic E-state index is 13.0. The van der Waals surface area contributed by atoms with E-state index in [-0.39, 0.29) is 23.8 Å². The second kappa shape index (κ2) is 6.49. The zero-order valence-corrected chi connectivity index (χ0v) is 14.5. The molecule has 0 spiro atoms. The summed E-state index contributed by atoms with van der Waals surface area (Å²) in [6.45, 7) is 1.92. The van der Waals surface area contributed by atoms with Crippen molar-refractivity contribution in [2.75, 3.05) is 12.3 Å². The minimum atomic E-state index is -0.620. The van der Waals surface area contributed by atoms with Crippen molar-refractivity contribution in [1.82, 2.24) is 4.57 Å². The van der Waals surface area contributed by atoms with Crippen molar-refractivity contribution in [2.45, 2.75) is 6.92 Å². The number of rotatable bonds is 3. The Bertz CT molecular complexity index is 929. The minimum absolute atomic E-state index is 0.122. The highest BCUT2D eigenvalue weighted by Crippen LogP contribution is 2.30. The fourth-order valence-electron chi connectivity index (χ4n) is 2.60. The topological polar surface area (TPSA) is 74.3 Å². The Morgan fingerprint density at radius 2 is 1.79 bits per heavy atom. The third kappa shape index (κ3) is 2.69. The molecule has 2 N–H and O–H groups in total. The van der Waals surface area contributed by atoms with Crippen molar-refractivity contribution >= 4 is 44.4 Å². The number of nitrogens with two attached hydrogens (primary N) is 1. The number of anilines is 1. The SMILES string of the molecule is CCOC(=O)n1c(C(=O)c2ccc(Br)cc2)c(N)c2ccccc21. The summed E-state index contributed by atoms with van der Waals surface area (Å²) in [7, 11) is 0. The van der Waals surface area contributed by atoms with E-state index in [1.54, 1.807) is 49.4 Å². The van der Waals surface area contributed by atoms with Crippen LogP contribution in [0.2, 0.25) is 0 Å². The standard InChI is InChI=1S/C18H15BrN2O3/c1-2-24-18(23)21-14-6-4-3-5-13(14)15(20)16(21)17(22)11-7-9-12(19)10-8-11/h3-10H,2,20H2,1H3. The maximum Gasteiger partial charge on any atom is 0.419 e. The van der Waals surface area contributed by atoms with Gasteiger partial charge >= 0.3 is 6.09 Å². The van der Waals surface area contributed by atoms with Gasteiger partial charge in [0.1, 0.15) is 5.69 Å². The van der Waals surface area contributed by atoms with Crippen LogP contribution in [0.15, 0.2) is 53.0 Å². The lowest BCUT2D eigenvalue weighted by molar-refractivity contribution is 0.102. The first kappa shape index (κ1) is 16.3. The largest absolute Gasteiger partial charge is 0.449 e. The number of carbonyl (C=O) groups excluding carboxylic acids is 2. The predicted molar refractivity (Wildman–Crippen MR) is 96.3 cm³/mol. The highest BCUT2D eigenvalue weighted by atomic mass is 79.9. The molecule has 0 saturated heterocycles. The molecule has 1 aromatic heterocycles. The molecule has 3 aromatic rings. The summed E-state index contributed by atoms with van der Waals surface area (Å²) in [5.41, 5.74) is 7.57. The Kier molecular flexibility index (Phi) is 4.40. The fraction of sp³-hybridized carbons (Fsp3) is 0.111. The van der Waals surface area contributed by atoms with Crippen LogP contribution in [0.25, 0.3) is 10.9 Å². The van der Waals surface area contributed by atoms with Crippen LogP contribution in [0.4, 0.5) is 10.5 Å². The smallest absolute Gasteiger partial charge is 0.419 e. The Morgan fingerprint density at radius 3 is 2.46 bits per heavy atom. The Hall–Kier alpha value is -2.60. The lowest BCUT2D eigenvalue weighted by Crippen LogP contribution is -2.20. The van der Waals surface area contributed by atoms with Gasteiger partial charge in [-0.2, -0.15) is 0 Å². The molecular weight excluding hydrogens is 372 g/mol. The number of hydrogen-bond acceptors (Lipinski definition) is 4. The molecule has 0 fully saturated rings. The average molecular weight is 387 g/mol. The van der Waals surface area contributed by atoms with E-state index in [0.29, 0.717) is 16.5 Å². The average Bonchev–Trinajstić information content (AvgIpc) is 2.88. The van der Waals surface area contributed by atoms with Gasteiger partial charge in [0.05, 0.1) is 17.8 Å². The van der Waals surface area contributed by atoms with E-state index in [1.807, 2.05) is 6.07 Å². The van der Waals surface area contributed by atoms with E-state index in [2.05, 4.69) is 15.9 Å². The first-order valence-electron chi connectivity index (χ1n) is 7.41. The first-order chi connectivity index (χ1) is 11.5. The van der Waals surface area contributed by atoms with Crippen molar-refractivity contribution in [3.8, 4) is 0 Å². The molecule has 0 atom stereocenters. The van der Waals surface area contributed by atoms with Crippen molar-refractivity contribution in [3.05, 3.63) is 64.3 Å². The molecule has 0 aliphatic carbocycles. The molecule has 0 unspecified atom stereocenters. The number of halogens is 1. The van der Waals surface area contributed by atoms with Gasteiger partial charge in [0.25, 0.3) is 0 Å². The van der Waals surface area contributed by atoms with Gasteiger partial charge in [0, 0.05) is 15.4 Å². The number of hydrogen-bond donors (Lipinski definition) is 1. The van der Waals surface area contributed by atoms with E-state index < -0.39 is 6.09 Å². The predicted octanol–water partition coefficient (Wildman–Crippen LogP) is 4.22. The fourth-order valence-corrected chi connectivity index (χ4v) is 2.87. The molecule has 0 amide bonds. The van der Waals surface area contributed by atoms with Crippen LogP contribution < -0.4 is 5.73 Å². The Labute approximate surface area is 147 Å². The van der Waals surface area contributed by atoms with Crippen molar-refractivity contribution in [3.63, 3.8) is 0 Å². The molecule has 0 radical (unpaired) electrons. The number of benzene rings is 2. The second-order valence-electron chi connectivity index (χ2n) is 5.15. The van der Waals surface area contributed by atoms with Crippen molar-refractivity contribution in [2.24, 2.45) is 0 Å². The van der Waals surface area contributed by atoms with E-state index >= 15 is 0 Å². The van der Waals surface area contributed by atoms with Crippen LogP contribution in [0, 0.1) is 0 Å². The number of para-hydroxylation sites is 1. The molecule has 1 heterocycles. The van der Waals surface area contributed by atoms with Gasteiger partial charge in [0.15, 0.2) is 0 Å². The van der Waals surface area contributed by atoms with Gasteiger partial charge < -0.3 is 10.5 Å². The highest BCUT2D eigenvalue weighted by Gasteiger charge is 2.26. The number of aromatic nitrogens is 1. The molecule has 3 rings (SSSR count). The lowest BCUT2D eigenvalue weighted by atomic mass is 10.1. The Morgan fingerprint density at radius 1 is 1.12 bits per heavy atom. The van der Waals surface area contributed by atoms with Gasteiger partial charge in [-0.25, -0.2) is 9.36 Å². The third-order valence-electron chi connectivity index (χ3n) is 3.69. The van der Waals surface area contributed by atoms with Gasteiger partial charge in [-0.15, -0.1) is 0 Å². The number of ether oxygens (including phenoxy) is 1. The molecule has 122 valence electrons. The third-order valence-corrected chi connectivity index (χ3v) is 4.21. The monoisotopic (exact) mass is 386 g/mol. The second-order valence-corrected chi connectivity index (χ2v) is 6.07. The first-order valence-corrected chi connectivity index (χ1v) is 8.20. The normalized spacial score (nSPS) is 10.8. The van der Waals surface area contributed by atoms with Crippen LogP contribution in [0.1, 0.15) is 23.0 Å². The summed E-state index contributed by atoms with van der Waals surface area (Å²) >= 11 is 3.34. The number of fused-ring (bicyclic) bond motifs is 1. The molecule has 24 heavy (non-hydrogen) atoms. The quantitative estimate of drug-likeness (QED) is 0.683. The van der Waals surface area contributed by atoms with Crippen LogP contribution >= 0.6 is 15.9 Å². The Balaban J connectivity index is 2.24. The molecular formula is C18H15BrN2O3. The highest BCUT2D eigenvalue weighted by molar-refractivity contribution is 9.10. The van der Waals surface area contributed by atoms with Gasteiger partial charge in [0.2, 0.25) is 5.78 Å². The lowest BCUT2D eigenvalue weighted by Gasteiger charge is -2.09. The molecule has 0 bridgehead atoms. The summed E-state index contributed by atoms with van der Waals surface area (Å²) in [5, 5.41) is 0.644. The maximum atomic E-state index is 13.0. The van der Waals surface area contributed by atoms with Crippen LogP contribution in [0.3, 0.4) is 0 Å². The van der Waals surface area contributed by atoms with Crippen LogP contribution in [-0.4, -0.2) is 23.1 Å². The van der Waals surface area contributed by atoms with Gasteiger partial charge in [-0.05, 0) is 37.3 Å². The summed E-state index contributed by atoms with van der Waals surface area (Å²) in [4.78, 5) is 25.4. The minimum Gasteiger partial charge on any atom is -0.449 e. The zero-order chi connectivity index (χ0) is 17.3. The summed E-state index contributed by atoms with van der Waals surface area (Å²) < 4.78 is 7.21. The molecule has 0 aliphatic heterocycles. The van der Waals surface area contributed by atoms with E-state index in [4.69, 9.17) is 10.5 Å². The summed E-state index contributed by atoms with van der Waals surface area (Å²) in [6.07, 6.45) is -0.620. The molecule has 0 aliphatic rings. The molecule has 2 aromatic carbocycles. The number of nitrogen functional groups attached to an aromatic ring is 1. The van der Waals surface area contributed by atoms with Crippen molar-refractivity contribution < 1.29 is 14.3 Å². The van der Waals surface area contributed by atoms with Gasteiger partial charge in [-0.3, -0.25) is 4.79 Å². The summed E-state index contributed by atoms with van der Waals surface area (Å²) in [5.74, 6) is -0.329. The van der Waals surface area contributed by atoms with E-state index in [9.17, 15) is 9.59 Å². The van der Waals surface area contributed by atoms with E-state index in [1.165, 1.54) is 4.57 Å². The van der Waals surface area contributed by atoms with Crippen molar-refractivity contribution in [1.29, 1.82) is 0 Å². The summed E-state index contributed by atoms with van der Waals surface area (Å²) in [6, 6.07) is 14.0. The van der Waals surface area contributed by atoms with Crippen LogP contribution in [-0.2, 0) is 4.74 Å². The number of ketones is 1.